The van der Waals surface area contributed by atoms with E-state index in [1.807, 2.05) is 35.2 Å². The molecule has 0 spiro atoms. The second-order valence-corrected chi connectivity index (χ2v) is 9.90. The van der Waals surface area contributed by atoms with E-state index in [0.717, 1.165) is 18.6 Å². The predicted octanol–water partition coefficient (Wildman–Crippen LogP) is 4.60. The van der Waals surface area contributed by atoms with Crippen molar-refractivity contribution >= 4 is 46.3 Å². The number of aromatic nitrogens is 2. The van der Waals surface area contributed by atoms with Gasteiger partial charge in [0.25, 0.3) is 5.56 Å². The fourth-order valence-corrected chi connectivity index (χ4v) is 5.30. The molecule has 190 valence electrons. The summed E-state index contributed by atoms with van der Waals surface area (Å²) in [7, 11) is 0. The molecule has 0 N–H and O–H groups in total. The average molecular weight is 529 g/mol. The van der Waals surface area contributed by atoms with E-state index in [1.54, 1.807) is 34.6 Å². The quantitative estimate of drug-likeness (QED) is 0.241. The molecule has 0 unspecified atom stereocenters. The highest BCUT2D eigenvalue weighted by Gasteiger charge is 2.24. The van der Waals surface area contributed by atoms with Gasteiger partial charge in [-0.25, -0.2) is 9.78 Å². The van der Waals surface area contributed by atoms with Gasteiger partial charge in [-0.15, -0.1) is 0 Å². The first kappa shape index (κ1) is 26.0. The molecule has 4 rings (SSSR count). The third-order valence-corrected chi connectivity index (χ3v) is 7.25. The topological polar surface area (TPSA) is 84.7 Å². The van der Waals surface area contributed by atoms with Gasteiger partial charge in [0.15, 0.2) is 5.16 Å². The summed E-state index contributed by atoms with van der Waals surface area (Å²) in [5.41, 5.74) is 1.19. The molecule has 2 heterocycles. The lowest BCUT2D eigenvalue weighted by Crippen LogP contribution is -2.50. The van der Waals surface area contributed by atoms with E-state index in [-0.39, 0.29) is 17.6 Å². The molecule has 36 heavy (non-hydrogen) atoms. The number of amides is 2. The average Bonchev–Trinajstić information content (AvgIpc) is 2.89. The lowest BCUT2D eigenvalue weighted by Gasteiger charge is -2.34. The largest absolute Gasteiger partial charge is 0.450 e. The highest BCUT2D eigenvalue weighted by atomic mass is 35.5. The molecular weight excluding hydrogens is 500 g/mol. The van der Waals surface area contributed by atoms with Gasteiger partial charge < -0.3 is 14.5 Å². The van der Waals surface area contributed by atoms with Crippen molar-refractivity contribution in [3.63, 3.8) is 0 Å². The van der Waals surface area contributed by atoms with Crippen LogP contribution in [0.3, 0.4) is 0 Å². The summed E-state index contributed by atoms with van der Waals surface area (Å²) in [5.74, 6) is 0.818. The highest BCUT2D eigenvalue weighted by molar-refractivity contribution is 7.99. The first-order valence-electron chi connectivity index (χ1n) is 12.1. The maximum Gasteiger partial charge on any atom is 0.409 e. The predicted molar refractivity (Wildman–Crippen MR) is 142 cm³/mol. The number of nitrogens with zero attached hydrogens (tertiary/aromatic N) is 4. The fourth-order valence-electron chi connectivity index (χ4n) is 4.11. The number of unbranched alkanes of at least 4 members (excludes halogenated alkanes) is 1. The van der Waals surface area contributed by atoms with Gasteiger partial charge in [-0.2, -0.15) is 0 Å². The minimum absolute atomic E-state index is 0.100. The van der Waals surface area contributed by atoms with Crippen LogP contribution in [0.4, 0.5) is 4.79 Å². The number of halogens is 1. The van der Waals surface area contributed by atoms with Crippen molar-refractivity contribution in [3.8, 4) is 5.69 Å². The minimum Gasteiger partial charge on any atom is -0.450 e. The molecule has 1 aliphatic rings. The third kappa shape index (κ3) is 6.20. The summed E-state index contributed by atoms with van der Waals surface area (Å²) in [6.45, 7) is 4.17. The molecular formula is C26H29ClN4O4S. The van der Waals surface area contributed by atoms with E-state index in [2.05, 4.69) is 0 Å². The Morgan fingerprint density at radius 2 is 1.78 bits per heavy atom. The molecule has 0 bridgehead atoms. The maximum atomic E-state index is 13.3. The Hall–Kier alpha value is -3.04. The molecule has 1 aliphatic heterocycles. The molecule has 8 nitrogen and oxygen atoms in total. The fraction of sp³-hybridized carbons (Fsp3) is 0.385. The van der Waals surface area contributed by atoms with Crippen LogP contribution in [-0.2, 0) is 9.53 Å². The molecule has 0 radical (unpaired) electrons. The zero-order valence-corrected chi connectivity index (χ0v) is 21.8. The summed E-state index contributed by atoms with van der Waals surface area (Å²) in [5, 5.41) is 1.70. The number of carbonyl (C=O) groups is 2. The van der Waals surface area contributed by atoms with Gasteiger partial charge in [0, 0.05) is 43.4 Å². The first-order valence-corrected chi connectivity index (χ1v) is 13.4. The van der Waals surface area contributed by atoms with Gasteiger partial charge >= 0.3 is 6.09 Å². The van der Waals surface area contributed by atoms with Crippen LogP contribution in [0, 0.1) is 0 Å². The van der Waals surface area contributed by atoms with Crippen LogP contribution < -0.4 is 5.56 Å². The summed E-state index contributed by atoms with van der Waals surface area (Å²) >= 11 is 7.69. The summed E-state index contributed by atoms with van der Waals surface area (Å²) in [6, 6.07) is 14.5. The van der Waals surface area contributed by atoms with E-state index < -0.39 is 0 Å². The molecule has 0 atom stereocenters. The summed E-state index contributed by atoms with van der Waals surface area (Å²) in [4.78, 5) is 45.9. The van der Waals surface area contributed by atoms with Crippen molar-refractivity contribution in [1.29, 1.82) is 0 Å². The second kappa shape index (κ2) is 12.3. The molecule has 1 fully saturated rings. The van der Waals surface area contributed by atoms with E-state index in [1.165, 1.54) is 11.8 Å². The molecule has 1 aromatic heterocycles. The van der Waals surface area contributed by atoms with Gasteiger partial charge in [0.05, 0.1) is 23.2 Å². The molecule has 0 saturated carbocycles. The number of fused-ring (bicyclic) bond motifs is 1. The van der Waals surface area contributed by atoms with Gasteiger partial charge in [0.1, 0.15) is 0 Å². The van der Waals surface area contributed by atoms with Crippen molar-refractivity contribution in [1.82, 2.24) is 19.4 Å². The van der Waals surface area contributed by atoms with E-state index >= 15 is 0 Å². The van der Waals surface area contributed by atoms with Gasteiger partial charge in [-0.3, -0.25) is 14.2 Å². The second-order valence-electron chi connectivity index (χ2n) is 8.40. The van der Waals surface area contributed by atoms with E-state index in [0.29, 0.717) is 66.0 Å². The minimum atomic E-state index is -0.319. The molecule has 0 aliphatic carbocycles. The normalized spacial score (nSPS) is 13.7. The number of ether oxygens (including phenoxy) is 1. The molecule has 3 aromatic rings. The Morgan fingerprint density at radius 1 is 1.03 bits per heavy atom. The molecule has 2 amide bonds. The van der Waals surface area contributed by atoms with Gasteiger partial charge in [-0.1, -0.05) is 41.6 Å². The maximum absolute atomic E-state index is 13.3. The Bertz CT molecular complexity index is 1290. The number of benzene rings is 2. The first-order chi connectivity index (χ1) is 17.5. The van der Waals surface area contributed by atoms with Gasteiger partial charge in [-0.05, 0) is 50.1 Å². The number of carbonyl (C=O) groups excluding carboxylic acids is 2. The van der Waals surface area contributed by atoms with Crippen LogP contribution >= 0.6 is 23.4 Å². The number of rotatable bonds is 8. The number of hydrogen-bond acceptors (Lipinski definition) is 6. The zero-order chi connectivity index (χ0) is 25.5. The van der Waals surface area contributed by atoms with Gasteiger partial charge in [0.2, 0.25) is 5.91 Å². The van der Waals surface area contributed by atoms with Crippen LogP contribution in [0.5, 0.6) is 0 Å². The van der Waals surface area contributed by atoms with E-state index in [4.69, 9.17) is 21.3 Å². The standard InChI is InChI=1S/C26H29ClN4O4S/c1-2-35-26(34)30-15-13-29(14-16-30)23(32)12-5-6-17-36-25-28-22-11-4-3-10-21(22)24(33)31(25)20-9-7-8-19(27)18-20/h3-4,7-11,18H,2,5-6,12-17H2,1H3. The van der Waals surface area contributed by atoms with Crippen LogP contribution in [0.15, 0.2) is 58.5 Å². The Kier molecular flexibility index (Phi) is 8.88. The Labute approximate surface area is 219 Å². The third-order valence-electron chi connectivity index (χ3n) is 5.99. The number of piperazine rings is 1. The smallest absolute Gasteiger partial charge is 0.409 e. The van der Waals surface area contributed by atoms with E-state index in [9.17, 15) is 14.4 Å². The number of thioether (sulfide) groups is 1. The van der Waals surface area contributed by atoms with Crippen molar-refractivity contribution < 1.29 is 14.3 Å². The Balaban J connectivity index is 1.34. The molecule has 2 aromatic carbocycles. The van der Waals surface area contributed by atoms with Crippen molar-refractivity contribution in [2.75, 3.05) is 38.5 Å². The van der Waals surface area contributed by atoms with Crippen LogP contribution in [-0.4, -0.2) is 69.9 Å². The monoisotopic (exact) mass is 528 g/mol. The number of para-hydroxylation sites is 1. The highest BCUT2D eigenvalue weighted by Crippen LogP contribution is 2.24. The van der Waals surface area contributed by atoms with Crippen LogP contribution in [0.25, 0.3) is 16.6 Å². The van der Waals surface area contributed by atoms with Crippen LogP contribution in [0.1, 0.15) is 26.2 Å². The number of hydrogen-bond donors (Lipinski definition) is 0. The SMILES string of the molecule is CCOC(=O)N1CCN(C(=O)CCCCSc2nc3ccccc3c(=O)n2-c2cccc(Cl)c2)CC1. The van der Waals surface area contributed by atoms with Crippen molar-refractivity contribution in [2.45, 2.75) is 31.3 Å². The molecule has 10 heteroatoms. The Morgan fingerprint density at radius 3 is 2.53 bits per heavy atom. The van der Waals surface area contributed by atoms with Crippen molar-refractivity contribution in [2.24, 2.45) is 0 Å². The summed E-state index contributed by atoms with van der Waals surface area (Å²) in [6.07, 6.45) is 1.67. The lowest BCUT2D eigenvalue weighted by atomic mass is 10.2. The molecule has 1 saturated heterocycles. The zero-order valence-electron chi connectivity index (χ0n) is 20.2. The van der Waals surface area contributed by atoms with Crippen LogP contribution in [0.2, 0.25) is 5.02 Å². The van der Waals surface area contributed by atoms with Crippen molar-refractivity contribution in [3.05, 3.63) is 63.9 Å². The lowest BCUT2D eigenvalue weighted by molar-refractivity contribution is -0.132. The summed E-state index contributed by atoms with van der Waals surface area (Å²) < 4.78 is 6.63.